The zero-order valence-electron chi connectivity index (χ0n) is 28.3. The van der Waals surface area contributed by atoms with Crippen molar-refractivity contribution >= 4 is 43.5 Å². The molecule has 0 unspecified atom stereocenters. The molecule has 0 bridgehead atoms. The van der Waals surface area contributed by atoms with Crippen LogP contribution < -0.4 is 0 Å². The summed E-state index contributed by atoms with van der Waals surface area (Å²) in [5.74, 6) is 0. The molecular weight excluding hydrogens is 544 g/mol. The first-order chi connectivity index (χ1) is 24.0. The molecule has 9 rings (SSSR count). The Balaban J connectivity index is 1.49. The second-order valence-electron chi connectivity index (χ2n) is 11.3. The van der Waals surface area contributed by atoms with E-state index in [9.17, 15) is 2.74 Å². The van der Waals surface area contributed by atoms with Gasteiger partial charge < -0.3 is 4.42 Å². The van der Waals surface area contributed by atoms with Crippen LogP contribution in [0.5, 0.6) is 0 Å². The highest BCUT2D eigenvalue weighted by atomic mass is 16.3. The molecule has 9 aromatic rings. The van der Waals surface area contributed by atoms with Crippen LogP contribution in [0.25, 0.3) is 88.0 Å². The van der Waals surface area contributed by atoms with E-state index >= 15 is 0 Å². The van der Waals surface area contributed by atoms with Gasteiger partial charge in [0, 0.05) is 16.3 Å². The van der Waals surface area contributed by atoms with Gasteiger partial charge in [-0.1, -0.05) is 152 Å². The van der Waals surface area contributed by atoms with E-state index in [0.717, 1.165) is 71.3 Å². The molecule has 0 radical (unpaired) electrons. The van der Waals surface area contributed by atoms with Gasteiger partial charge in [0.15, 0.2) is 0 Å². The first-order valence-electron chi connectivity index (χ1n) is 17.1. The monoisotopic (exact) mass is 576 g/mol. The molecule has 0 atom stereocenters. The molecule has 1 heterocycles. The average Bonchev–Trinajstić information content (AvgIpc) is 3.53. The molecule has 0 N–H and O–H groups in total. The second-order valence-corrected chi connectivity index (χ2v) is 11.3. The van der Waals surface area contributed by atoms with Crippen LogP contribution in [0.3, 0.4) is 0 Å². The number of fused-ring (bicyclic) bond motifs is 5. The molecular formula is C44H28O. The van der Waals surface area contributed by atoms with E-state index in [2.05, 4.69) is 66.7 Å². The smallest absolute Gasteiger partial charge is 0.136 e. The van der Waals surface area contributed by atoms with Crippen LogP contribution in [0.1, 0.15) is 5.48 Å². The lowest BCUT2D eigenvalue weighted by molar-refractivity contribution is 0.669. The SMILES string of the molecule is [2H]c1c([2H])c(-c2ccccc2)c([2H])c(-c2c3ccccc3c(-c3c(-c4ccccc4)ccc4oc5ccccc5c34)c3ccccc23)c1[2H]. The van der Waals surface area contributed by atoms with Crippen molar-refractivity contribution in [2.24, 2.45) is 0 Å². The molecule has 1 nitrogen and oxygen atoms in total. The Labute approximate surface area is 267 Å². The van der Waals surface area contributed by atoms with E-state index in [1.165, 1.54) is 0 Å². The van der Waals surface area contributed by atoms with Crippen molar-refractivity contribution in [3.05, 3.63) is 170 Å². The van der Waals surface area contributed by atoms with Gasteiger partial charge in [-0.3, -0.25) is 0 Å². The van der Waals surface area contributed by atoms with Gasteiger partial charge in [-0.25, -0.2) is 0 Å². The Morgan fingerprint density at radius 1 is 0.378 bits per heavy atom. The maximum absolute atomic E-state index is 9.56. The zero-order valence-corrected chi connectivity index (χ0v) is 24.3. The van der Waals surface area contributed by atoms with Crippen molar-refractivity contribution in [3.63, 3.8) is 0 Å². The Kier molecular flexibility index (Phi) is 5.00. The van der Waals surface area contributed by atoms with E-state index < -0.39 is 0 Å². The summed E-state index contributed by atoms with van der Waals surface area (Å²) in [6.45, 7) is 0. The lowest BCUT2D eigenvalue weighted by Gasteiger charge is -2.20. The van der Waals surface area contributed by atoms with E-state index in [0.29, 0.717) is 16.7 Å². The standard InChI is InChI=1S/C44H28O/c1-3-14-29(15-4-1)31-18-13-19-32(28-31)41-34-20-7-9-22-36(34)42(37-23-10-8-21-35(37)41)44-33(30-16-5-2-6-17-30)26-27-40-43(44)38-24-11-12-25-39(38)45-40/h1-28H/i13D,18D,19D,28D. The maximum Gasteiger partial charge on any atom is 0.136 e. The minimum Gasteiger partial charge on any atom is -0.456 e. The number of hydrogen-bond donors (Lipinski definition) is 0. The predicted octanol–water partition coefficient (Wildman–Crippen LogP) is 12.6. The van der Waals surface area contributed by atoms with E-state index in [-0.39, 0.29) is 24.2 Å². The molecule has 0 aliphatic carbocycles. The summed E-state index contributed by atoms with van der Waals surface area (Å²) in [4.78, 5) is 0. The summed E-state index contributed by atoms with van der Waals surface area (Å²) in [5, 5.41) is 5.74. The number of furan rings is 1. The van der Waals surface area contributed by atoms with Crippen LogP contribution in [0, 0.1) is 0 Å². The number of para-hydroxylation sites is 1. The first-order valence-corrected chi connectivity index (χ1v) is 15.1. The van der Waals surface area contributed by atoms with Crippen LogP contribution in [0.15, 0.2) is 174 Å². The largest absolute Gasteiger partial charge is 0.456 e. The molecule has 1 heteroatoms. The predicted molar refractivity (Wildman–Crippen MR) is 190 cm³/mol. The van der Waals surface area contributed by atoms with Gasteiger partial charge in [0.25, 0.3) is 0 Å². The molecule has 0 amide bonds. The lowest BCUT2D eigenvalue weighted by Crippen LogP contribution is -1.94. The Hall–Kier alpha value is -5.92. The Morgan fingerprint density at radius 3 is 1.58 bits per heavy atom. The fourth-order valence-electron chi connectivity index (χ4n) is 6.82. The van der Waals surface area contributed by atoms with Crippen molar-refractivity contribution in [1.82, 2.24) is 0 Å². The molecule has 0 aliphatic rings. The fourth-order valence-corrected chi connectivity index (χ4v) is 6.82. The van der Waals surface area contributed by atoms with Crippen molar-refractivity contribution < 1.29 is 9.90 Å². The summed E-state index contributed by atoms with van der Waals surface area (Å²) >= 11 is 0. The topological polar surface area (TPSA) is 13.1 Å². The minimum atomic E-state index is -0.192. The number of rotatable bonds is 4. The van der Waals surface area contributed by atoms with Gasteiger partial charge >= 0.3 is 0 Å². The zero-order chi connectivity index (χ0) is 33.2. The molecule has 8 aromatic carbocycles. The summed E-state index contributed by atoms with van der Waals surface area (Å²) < 4.78 is 43.0. The summed E-state index contributed by atoms with van der Waals surface area (Å²) in [5.41, 5.74) is 7.98. The third-order valence-electron chi connectivity index (χ3n) is 8.75. The van der Waals surface area contributed by atoms with Crippen LogP contribution in [0.2, 0.25) is 0 Å². The molecule has 0 aliphatic heterocycles. The minimum absolute atomic E-state index is 0.0770. The van der Waals surface area contributed by atoms with Crippen molar-refractivity contribution in [1.29, 1.82) is 0 Å². The molecule has 0 fully saturated rings. The number of hydrogen-bond acceptors (Lipinski definition) is 1. The summed E-state index contributed by atoms with van der Waals surface area (Å²) in [6, 6.07) is 48.1. The van der Waals surface area contributed by atoms with Crippen molar-refractivity contribution in [2.75, 3.05) is 0 Å². The first kappa shape index (κ1) is 21.7. The van der Waals surface area contributed by atoms with Gasteiger partial charge in [-0.2, -0.15) is 0 Å². The fraction of sp³-hybridized carbons (Fsp3) is 0. The quantitative estimate of drug-likeness (QED) is 0.190. The van der Waals surface area contributed by atoms with Gasteiger partial charge in [0.05, 0.1) is 5.48 Å². The van der Waals surface area contributed by atoms with Gasteiger partial charge in [-0.05, 0) is 78.7 Å². The van der Waals surface area contributed by atoms with Crippen LogP contribution in [-0.4, -0.2) is 0 Å². The molecule has 0 saturated heterocycles. The van der Waals surface area contributed by atoms with Gasteiger partial charge in [0.2, 0.25) is 0 Å². The van der Waals surface area contributed by atoms with E-state index in [4.69, 9.17) is 7.16 Å². The summed E-state index contributed by atoms with van der Waals surface area (Å²) in [6.07, 6.45) is 0. The molecule has 0 saturated carbocycles. The van der Waals surface area contributed by atoms with Crippen LogP contribution >= 0.6 is 0 Å². The third kappa shape index (κ3) is 4.09. The second kappa shape index (κ2) is 10.4. The third-order valence-corrected chi connectivity index (χ3v) is 8.75. The maximum atomic E-state index is 9.56. The molecule has 210 valence electrons. The van der Waals surface area contributed by atoms with E-state index in [1.807, 2.05) is 78.9 Å². The normalized spacial score (nSPS) is 12.8. The van der Waals surface area contributed by atoms with Crippen molar-refractivity contribution in [3.8, 4) is 44.5 Å². The van der Waals surface area contributed by atoms with Crippen molar-refractivity contribution in [2.45, 2.75) is 0 Å². The highest BCUT2D eigenvalue weighted by Crippen LogP contribution is 2.50. The summed E-state index contributed by atoms with van der Waals surface area (Å²) in [7, 11) is 0. The highest BCUT2D eigenvalue weighted by Gasteiger charge is 2.23. The van der Waals surface area contributed by atoms with Gasteiger partial charge in [-0.15, -0.1) is 0 Å². The molecule has 45 heavy (non-hydrogen) atoms. The highest BCUT2D eigenvalue weighted by molar-refractivity contribution is 6.27. The van der Waals surface area contributed by atoms with Crippen LogP contribution in [-0.2, 0) is 0 Å². The Bertz CT molecular complexity index is 2690. The average molecular weight is 577 g/mol. The number of benzene rings is 8. The van der Waals surface area contributed by atoms with E-state index in [1.54, 1.807) is 0 Å². The molecule has 1 aromatic heterocycles. The van der Waals surface area contributed by atoms with Gasteiger partial charge in [0.1, 0.15) is 11.2 Å². The molecule has 0 spiro atoms. The van der Waals surface area contributed by atoms with Crippen LogP contribution in [0.4, 0.5) is 0 Å². The lowest BCUT2D eigenvalue weighted by atomic mass is 9.82. The Morgan fingerprint density at radius 2 is 0.911 bits per heavy atom.